The molecule has 2 N–H and O–H groups in total. The number of carbonyl (C=O) groups excluding carboxylic acids is 1. The van der Waals surface area contributed by atoms with E-state index in [2.05, 4.69) is 25.8 Å². The van der Waals surface area contributed by atoms with Gasteiger partial charge < -0.3 is 15.5 Å². The van der Waals surface area contributed by atoms with E-state index in [1.165, 1.54) is 0 Å². The quantitative estimate of drug-likeness (QED) is 0.796. The number of rotatable bonds is 4. The smallest absolute Gasteiger partial charge is 0.240 e. The Morgan fingerprint density at radius 2 is 1.94 bits per heavy atom. The van der Waals surface area contributed by atoms with Crippen LogP contribution >= 0.6 is 0 Å². The Morgan fingerprint density at radius 3 is 2.29 bits per heavy atom. The van der Waals surface area contributed by atoms with Crippen molar-refractivity contribution in [1.82, 2.24) is 9.80 Å². The number of likely N-dealkylation sites (N-methyl/N-ethyl adjacent to an activating group) is 1. The summed E-state index contributed by atoms with van der Waals surface area (Å²) in [5.41, 5.74) is 6.00. The van der Waals surface area contributed by atoms with Crippen LogP contribution in [0.25, 0.3) is 0 Å². The lowest BCUT2D eigenvalue weighted by Gasteiger charge is -2.35. The third kappa shape index (κ3) is 3.42. The summed E-state index contributed by atoms with van der Waals surface area (Å²) >= 11 is 0. The van der Waals surface area contributed by atoms with Crippen LogP contribution in [0.1, 0.15) is 34.1 Å². The third-order valence-corrected chi connectivity index (χ3v) is 3.57. The van der Waals surface area contributed by atoms with Gasteiger partial charge in [0.2, 0.25) is 5.91 Å². The highest BCUT2D eigenvalue weighted by Crippen LogP contribution is 2.19. The molecule has 1 fully saturated rings. The van der Waals surface area contributed by atoms with E-state index >= 15 is 0 Å². The summed E-state index contributed by atoms with van der Waals surface area (Å²) < 4.78 is 0. The van der Waals surface area contributed by atoms with Gasteiger partial charge in [-0.25, -0.2) is 0 Å². The van der Waals surface area contributed by atoms with Crippen LogP contribution in [-0.2, 0) is 4.79 Å². The van der Waals surface area contributed by atoms with E-state index in [-0.39, 0.29) is 23.9 Å². The van der Waals surface area contributed by atoms with Gasteiger partial charge in [-0.15, -0.1) is 0 Å². The molecule has 2 atom stereocenters. The van der Waals surface area contributed by atoms with Crippen molar-refractivity contribution in [3.05, 3.63) is 0 Å². The molecule has 1 amide bonds. The Kier molecular flexibility index (Phi) is 4.95. The SMILES string of the molecule is CC(C)[C@H](N)C(=O)N(C(C)C)[C@@H]1CCN(C)C1. The second-order valence-corrected chi connectivity index (χ2v) is 5.81. The topological polar surface area (TPSA) is 49.6 Å². The van der Waals surface area contributed by atoms with Crippen molar-refractivity contribution in [2.24, 2.45) is 11.7 Å². The minimum Gasteiger partial charge on any atom is -0.335 e. The summed E-state index contributed by atoms with van der Waals surface area (Å²) in [7, 11) is 2.10. The van der Waals surface area contributed by atoms with E-state index in [1.807, 2.05) is 18.7 Å². The van der Waals surface area contributed by atoms with Gasteiger partial charge in [0.15, 0.2) is 0 Å². The largest absolute Gasteiger partial charge is 0.335 e. The Morgan fingerprint density at radius 1 is 1.35 bits per heavy atom. The third-order valence-electron chi connectivity index (χ3n) is 3.57. The summed E-state index contributed by atoms with van der Waals surface area (Å²) in [6, 6.07) is 0.185. The monoisotopic (exact) mass is 241 g/mol. The normalized spacial score (nSPS) is 23.4. The number of carbonyl (C=O) groups is 1. The summed E-state index contributed by atoms with van der Waals surface area (Å²) in [6.45, 7) is 10.2. The van der Waals surface area contributed by atoms with Crippen molar-refractivity contribution in [3.8, 4) is 0 Å². The molecule has 1 aliphatic heterocycles. The lowest BCUT2D eigenvalue weighted by atomic mass is 10.0. The lowest BCUT2D eigenvalue weighted by Crippen LogP contribution is -2.54. The maximum absolute atomic E-state index is 12.4. The predicted molar refractivity (Wildman–Crippen MR) is 70.7 cm³/mol. The maximum Gasteiger partial charge on any atom is 0.240 e. The van der Waals surface area contributed by atoms with Gasteiger partial charge in [-0.3, -0.25) is 4.79 Å². The molecule has 0 spiro atoms. The Labute approximate surface area is 105 Å². The van der Waals surface area contributed by atoms with Crippen molar-refractivity contribution in [2.75, 3.05) is 20.1 Å². The van der Waals surface area contributed by atoms with Crippen molar-refractivity contribution in [1.29, 1.82) is 0 Å². The molecule has 0 radical (unpaired) electrons. The molecule has 1 aliphatic rings. The average Bonchev–Trinajstić information content (AvgIpc) is 2.62. The van der Waals surface area contributed by atoms with Crippen LogP contribution < -0.4 is 5.73 Å². The van der Waals surface area contributed by atoms with Gasteiger partial charge in [0.05, 0.1) is 6.04 Å². The number of hydrogen-bond donors (Lipinski definition) is 1. The first-order valence-electron chi connectivity index (χ1n) is 6.61. The fourth-order valence-corrected chi connectivity index (χ4v) is 2.45. The number of nitrogens with zero attached hydrogens (tertiary/aromatic N) is 2. The van der Waals surface area contributed by atoms with E-state index in [1.54, 1.807) is 0 Å². The summed E-state index contributed by atoms with van der Waals surface area (Å²) in [5, 5.41) is 0. The molecule has 0 saturated carbocycles. The van der Waals surface area contributed by atoms with Crippen molar-refractivity contribution >= 4 is 5.91 Å². The molecule has 1 heterocycles. The summed E-state index contributed by atoms with van der Waals surface area (Å²) in [4.78, 5) is 16.7. The maximum atomic E-state index is 12.4. The first-order chi connectivity index (χ1) is 7.84. The summed E-state index contributed by atoms with van der Waals surface area (Å²) in [6.07, 6.45) is 1.06. The molecule has 0 aliphatic carbocycles. The predicted octanol–water partition coefficient (Wildman–Crippen LogP) is 0.911. The molecule has 100 valence electrons. The molecule has 17 heavy (non-hydrogen) atoms. The highest BCUT2D eigenvalue weighted by molar-refractivity contribution is 5.82. The number of nitrogens with two attached hydrogens (primary N) is 1. The molecule has 1 saturated heterocycles. The highest BCUT2D eigenvalue weighted by Gasteiger charge is 2.34. The van der Waals surface area contributed by atoms with Gasteiger partial charge in [-0.05, 0) is 39.8 Å². The molecule has 0 aromatic carbocycles. The number of amides is 1. The second-order valence-electron chi connectivity index (χ2n) is 5.81. The molecule has 4 nitrogen and oxygen atoms in total. The van der Waals surface area contributed by atoms with Crippen LogP contribution in [-0.4, -0.2) is 54.0 Å². The van der Waals surface area contributed by atoms with Crippen LogP contribution in [0.15, 0.2) is 0 Å². The van der Waals surface area contributed by atoms with Crippen molar-refractivity contribution in [3.63, 3.8) is 0 Å². The molecular formula is C13H27N3O. The average molecular weight is 241 g/mol. The van der Waals surface area contributed by atoms with Gasteiger partial charge in [0, 0.05) is 18.6 Å². The van der Waals surface area contributed by atoms with Crippen LogP contribution in [0.3, 0.4) is 0 Å². The number of hydrogen-bond acceptors (Lipinski definition) is 3. The Bertz CT molecular complexity index is 265. The Balaban J connectivity index is 2.75. The van der Waals surface area contributed by atoms with E-state index in [9.17, 15) is 4.79 Å². The van der Waals surface area contributed by atoms with Gasteiger partial charge in [-0.1, -0.05) is 13.8 Å². The van der Waals surface area contributed by atoms with Gasteiger partial charge in [0.1, 0.15) is 0 Å². The summed E-state index contributed by atoms with van der Waals surface area (Å²) in [5.74, 6) is 0.304. The molecule has 4 heteroatoms. The Hall–Kier alpha value is -0.610. The van der Waals surface area contributed by atoms with Crippen LogP contribution in [0.5, 0.6) is 0 Å². The molecular weight excluding hydrogens is 214 g/mol. The van der Waals surface area contributed by atoms with Gasteiger partial charge in [0.25, 0.3) is 0 Å². The molecule has 0 aromatic rings. The van der Waals surface area contributed by atoms with Crippen LogP contribution in [0.2, 0.25) is 0 Å². The zero-order valence-corrected chi connectivity index (χ0v) is 11.8. The second kappa shape index (κ2) is 5.83. The van der Waals surface area contributed by atoms with E-state index in [0.29, 0.717) is 6.04 Å². The fourth-order valence-electron chi connectivity index (χ4n) is 2.45. The van der Waals surface area contributed by atoms with Crippen LogP contribution in [0, 0.1) is 5.92 Å². The molecule has 0 bridgehead atoms. The minimum atomic E-state index is -0.372. The van der Waals surface area contributed by atoms with Gasteiger partial charge in [-0.2, -0.15) is 0 Å². The molecule has 0 aromatic heterocycles. The standard InChI is InChI=1S/C13H27N3O/c1-9(2)12(14)13(17)16(10(3)4)11-6-7-15(5)8-11/h9-12H,6-8,14H2,1-5H3/t11-,12+/m1/s1. The van der Waals surface area contributed by atoms with E-state index in [4.69, 9.17) is 5.73 Å². The molecule has 0 unspecified atom stereocenters. The van der Waals surface area contributed by atoms with Gasteiger partial charge >= 0.3 is 0 Å². The van der Waals surface area contributed by atoms with Crippen molar-refractivity contribution < 1.29 is 4.79 Å². The zero-order valence-electron chi connectivity index (χ0n) is 11.8. The van der Waals surface area contributed by atoms with E-state index in [0.717, 1.165) is 19.5 Å². The highest BCUT2D eigenvalue weighted by atomic mass is 16.2. The minimum absolute atomic E-state index is 0.107. The van der Waals surface area contributed by atoms with Crippen LogP contribution in [0.4, 0.5) is 0 Å². The number of likely N-dealkylation sites (tertiary alicyclic amines) is 1. The first-order valence-corrected chi connectivity index (χ1v) is 6.61. The van der Waals surface area contributed by atoms with Crippen molar-refractivity contribution in [2.45, 2.75) is 52.2 Å². The first kappa shape index (κ1) is 14.5. The fraction of sp³-hybridized carbons (Fsp3) is 0.923. The molecule has 1 rings (SSSR count). The lowest BCUT2D eigenvalue weighted by molar-refractivity contribution is -0.137. The zero-order chi connectivity index (χ0) is 13.2. The van der Waals surface area contributed by atoms with E-state index < -0.39 is 0 Å².